The largest absolute Gasteiger partial charge is 0.399 e. The van der Waals surface area contributed by atoms with E-state index in [1.165, 1.54) is 0 Å². The van der Waals surface area contributed by atoms with Crippen LogP contribution in [0, 0.1) is 0 Å². The Balaban J connectivity index is 1.99. The molecule has 1 aliphatic rings. The molecule has 120 valence electrons. The van der Waals surface area contributed by atoms with Crippen LogP contribution in [0.2, 0.25) is 0 Å². The fourth-order valence-corrected chi connectivity index (χ4v) is 2.56. The van der Waals surface area contributed by atoms with Gasteiger partial charge in [0.25, 0.3) is 0 Å². The third-order valence-electron chi connectivity index (χ3n) is 4.01. The predicted octanol–water partition coefficient (Wildman–Crippen LogP) is 1.42. The summed E-state index contributed by atoms with van der Waals surface area (Å²) in [6, 6.07) is 8.24. The minimum atomic E-state index is -0.497. The van der Waals surface area contributed by atoms with Crippen molar-refractivity contribution in [1.82, 2.24) is 0 Å². The summed E-state index contributed by atoms with van der Waals surface area (Å²) in [5, 5.41) is 12.5. The van der Waals surface area contributed by atoms with Gasteiger partial charge in [-0.3, -0.25) is 0 Å². The van der Waals surface area contributed by atoms with Crippen molar-refractivity contribution in [3.63, 3.8) is 0 Å². The van der Waals surface area contributed by atoms with Crippen LogP contribution in [0.3, 0.4) is 0 Å². The summed E-state index contributed by atoms with van der Waals surface area (Å²) in [5.74, 6) is 0. The zero-order valence-electron chi connectivity index (χ0n) is 13.3. The van der Waals surface area contributed by atoms with Crippen molar-refractivity contribution in [2.45, 2.75) is 18.4 Å². The molecule has 1 aromatic rings. The Hall–Kier alpha value is -1.98. The molecule has 1 aromatic carbocycles. The number of anilines is 2. The summed E-state index contributed by atoms with van der Waals surface area (Å²) in [6.45, 7) is 0.731. The van der Waals surface area contributed by atoms with Gasteiger partial charge in [0.2, 0.25) is 0 Å². The Labute approximate surface area is 132 Å². The molecule has 0 aliphatic heterocycles. The first-order valence-electron chi connectivity index (χ1n) is 7.51. The highest BCUT2D eigenvalue weighted by molar-refractivity contribution is 5.55. The zero-order valence-corrected chi connectivity index (χ0v) is 13.3. The van der Waals surface area contributed by atoms with Crippen LogP contribution in [0.1, 0.15) is 12.8 Å². The monoisotopic (exact) mass is 302 g/mol. The number of rotatable bonds is 6. The molecule has 5 nitrogen and oxygen atoms in total. The third-order valence-corrected chi connectivity index (χ3v) is 4.01. The van der Waals surface area contributed by atoms with Gasteiger partial charge in [-0.25, -0.2) is 0 Å². The van der Waals surface area contributed by atoms with Gasteiger partial charge >= 0.3 is 0 Å². The van der Waals surface area contributed by atoms with E-state index in [-0.39, 0.29) is 6.61 Å². The Morgan fingerprint density at radius 3 is 2.55 bits per heavy atom. The van der Waals surface area contributed by atoms with Gasteiger partial charge in [-0.2, -0.15) is 0 Å². The molecule has 0 fully saturated rings. The molecule has 22 heavy (non-hydrogen) atoms. The molecule has 0 radical (unpaired) electrons. The third kappa shape index (κ3) is 4.02. The average molecular weight is 302 g/mol. The summed E-state index contributed by atoms with van der Waals surface area (Å²) in [4.78, 5) is 2.06. The number of aliphatic hydroxyl groups is 1. The second-order valence-corrected chi connectivity index (χ2v) is 6.07. The van der Waals surface area contributed by atoms with E-state index in [4.69, 9.17) is 16.6 Å². The summed E-state index contributed by atoms with van der Waals surface area (Å²) in [7, 11) is 4.04. The van der Waals surface area contributed by atoms with E-state index in [1.54, 1.807) is 0 Å². The van der Waals surface area contributed by atoms with E-state index in [0.29, 0.717) is 19.4 Å². The maximum Gasteiger partial charge on any atom is 0.0451 e. The number of nitrogens with one attached hydrogen (secondary N) is 1. The van der Waals surface area contributed by atoms with Crippen LogP contribution in [0.25, 0.3) is 0 Å². The molecule has 1 atom stereocenters. The highest BCUT2D eigenvalue weighted by atomic mass is 16.3. The lowest BCUT2D eigenvalue weighted by atomic mass is 9.83. The molecule has 6 N–H and O–H groups in total. The van der Waals surface area contributed by atoms with Crippen molar-refractivity contribution < 1.29 is 5.11 Å². The van der Waals surface area contributed by atoms with E-state index in [1.807, 2.05) is 38.4 Å². The van der Waals surface area contributed by atoms with Gasteiger partial charge < -0.3 is 26.8 Å². The molecule has 0 saturated carbocycles. The Kier molecular flexibility index (Phi) is 5.11. The molecule has 0 heterocycles. The fourth-order valence-electron chi connectivity index (χ4n) is 2.56. The van der Waals surface area contributed by atoms with Crippen LogP contribution in [0.4, 0.5) is 11.4 Å². The van der Waals surface area contributed by atoms with E-state index in [0.717, 1.165) is 22.6 Å². The number of allylic oxidation sites excluding steroid dienone is 1. The van der Waals surface area contributed by atoms with Crippen LogP contribution < -0.4 is 21.7 Å². The number of benzene rings is 1. The molecular formula is C17H26N4O. The molecule has 0 saturated heterocycles. The van der Waals surface area contributed by atoms with Crippen LogP contribution in [0.15, 0.2) is 47.7 Å². The second-order valence-electron chi connectivity index (χ2n) is 6.07. The SMILES string of the molecule is CN(C)c1ccc(NCC2=C(N)C=CC(N)(CCO)C2)cc1. The van der Waals surface area contributed by atoms with Gasteiger partial charge in [0, 0.05) is 49.9 Å². The van der Waals surface area contributed by atoms with Gasteiger partial charge in [0.1, 0.15) is 0 Å². The Morgan fingerprint density at radius 1 is 1.27 bits per heavy atom. The maximum absolute atomic E-state index is 9.13. The summed E-state index contributed by atoms with van der Waals surface area (Å²) in [5.41, 5.74) is 15.9. The van der Waals surface area contributed by atoms with E-state index >= 15 is 0 Å². The van der Waals surface area contributed by atoms with Gasteiger partial charge in [0.15, 0.2) is 0 Å². The van der Waals surface area contributed by atoms with Crippen molar-refractivity contribution in [3.8, 4) is 0 Å². The van der Waals surface area contributed by atoms with Gasteiger partial charge in [-0.15, -0.1) is 0 Å². The zero-order chi connectivity index (χ0) is 16.2. The van der Waals surface area contributed by atoms with Crippen LogP contribution in [-0.4, -0.2) is 37.9 Å². The first-order chi connectivity index (χ1) is 10.4. The highest BCUT2D eigenvalue weighted by Crippen LogP contribution is 2.26. The average Bonchev–Trinajstić information content (AvgIpc) is 2.49. The second kappa shape index (κ2) is 6.85. The van der Waals surface area contributed by atoms with E-state index in [9.17, 15) is 0 Å². The highest BCUT2D eigenvalue weighted by Gasteiger charge is 2.26. The number of hydrogen-bond acceptors (Lipinski definition) is 5. The first-order valence-corrected chi connectivity index (χ1v) is 7.51. The quantitative estimate of drug-likeness (QED) is 0.638. The van der Waals surface area contributed by atoms with Crippen molar-refractivity contribution in [2.75, 3.05) is 37.5 Å². The Morgan fingerprint density at radius 2 is 1.95 bits per heavy atom. The summed E-state index contributed by atoms with van der Waals surface area (Å²) in [6.07, 6.45) is 4.95. The standard InChI is InChI=1S/C17H26N4O/c1-21(2)15-5-3-14(4-6-15)20-12-13-11-17(19,9-10-22)8-7-16(13)18/h3-8,20,22H,9-12,18-19H2,1-2H3. The smallest absolute Gasteiger partial charge is 0.0451 e. The van der Waals surface area contributed by atoms with Crippen LogP contribution in [-0.2, 0) is 0 Å². The van der Waals surface area contributed by atoms with E-state index in [2.05, 4.69) is 22.3 Å². The number of nitrogens with zero attached hydrogens (tertiary/aromatic N) is 1. The molecule has 1 aliphatic carbocycles. The van der Waals surface area contributed by atoms with Crippen LogP contribution >= 0.6 is 0 Å². The minimum absolute atomic E-state index is 0.0768. The molecule has 0 aromatic heterocycles. The number of nitrogens with two attached hydrogens (primary N) is 2. The van der Waals surface area contributed by atoms with Crippen molar-refractivity contribution >= 4 is 11.4 Å². The van der Waals surface area contributed by atoms with Gasteiger partial charge in [0.05, 0.1) is 0 Å². The molecular weight excluding hydrogens is 276 g/mol. The molecule has 0 spiro atoms. The molecule has 2 rings (SSSR count). The predicted molar refractivity (Wildman–Crippen MR) is 92.9 cm³/mol. The summed E-state index contributed by atoms with van der Waals surface area (Å²) < 4.78 is 0. The molecule has 0 bridgehead atoms. The minimum Gasteiger partial charge on any atom is -0.399 e. The lowest BCUT2D eigenvalue weighted by Gasteiger charge is -2.30. The lowest BCUT2D eigenvalue weighted by Crippen LogP contribution is -2.41. The Bertz CT molecular complexity index is 563. The number of aliphatic hydroxyl groups excluding tert-OH is 1. The molecule has 0 amide bonds. The topological polar surface area (TPSA) is 87.5 Å². The molecule has 1 unspecified atom stereocenters. The fraction of sp³-hybridized carbons (Fsp3) is 0.412. The van der Waals surface area contributed by atoms with Crippen molar-refractivity contribution in [2.24, 2.45) is 11.5 Å². The lowest BCUT2D eigenvalue weighted by molar-refractivity contribution is 0.255. The number of hydrogen-bond donors (Lipinski definition) is 4. The normalized spacial score (nSPS) is 21.1. The molecule has 5 heteroatoms. The first kappa shape index (κ1) is 16.4. The maximum atomic E-state index is 9.13. The van der Waals surface area contributed by atoms with Gasteiger partial charge in [-0.05, 0) is 48.8 Å². The van der Waals surface area contributed by atoms with Crippen molar-refractivity contribution in [3.05, 3.63) is 47.7 Å². The van der Waals surface area contributed by atoms with Crippen molar-refractivity contribution in [1.29, 1.82) is 0 Å². The van der Waals surface area contributed by atoms with Gasteiger partial charge in [-0.1, -0.05) is 6.08 Å². The van der Waals surface area contributed by atoms with Crippen LogP contribution in [0.5, 0.6) is 0 Å². The van der Waals surface area contributed by atoms with E-state index < -0.39 is 5.54 Å². The summed E-state index contributed by atoms with van der Waals surface area (Å²) >= 11 is 0.